The summed E-state index contributed by atoms with van der Waals surface area (Å²) in [6.07, 6.45) is -1.91. The van der Waals surface area contributed by atoms with E-state index in [0.29, 0.717) is 0 Å². The lowest BCUT2D eigenvalue weighted by Gasteiger charge is -2.30. The van der Waals surface area contributed by atoms with Gasteiger partial charge in [0.05, 0.1) is 12.2 Å². The van der Waals surface area contributed by atoms with Crippen LogP contribution in [0.15, 0.2) is 97.1 Å². The zero-order valence-electron chi connectivity index (χ0n) is 20.4. The molecule has 0 fully saturated rings. The molecule has 0 spiro atoms. The van der Waals surface area contributed by atoms with Crippen molar-refractivity contribution >= 4 is 36.0 Å². The van der Waals surface area contributed by atoms with Gasteiger partial charge in [0, 0.05) is 21.2 Å². The smallest absolute Gasteiger partial charge is 0.261 e. The molecule has 0 aliphatic carbocycles. The molecule has 0 amide bonds. The Morgan fingerprint density at radius 2 is 0.632 bits per heavy atom. The molecule has 198 valence electrons. The van der Waals surface area contributed by atoms with Crippen LogP contribution >= 0.6 is 14.7 Å². The summed E-state index contributed by atoms with van der Waals surface area (Å²) in [5.41, 5.74) is 0. The van der Waals surface area contributed by atoms with E-state index in [4.69, 9.17) is 9.05 Å². The molecule has 4 rings (SSSR count). The van der Waals surface area contributed by atoms with Gasteiger partial charge in [-0.1, -0.05) is 0 Å². The molecule has 0 saturated carbocycles. The van der Waals surface area contributed by atoms with Crippen molar-refractivity contribution in [3.8, 4) is 0 Å². The van der Waals surface area contributed by atoms with Gasteiger partial charge < -0.3 is 9.05 Å². The highest BCUT2D eigenvalue weighted by atomic mass is 31.2. The van der Waals surface area contributed by atoms with Crippen LogP contribution in [0.3, 0.4) is 0 Å². The first kappa shape index (κ1) is 28.0. The summed E-state index contributed by atoms with van der Waals surface area (Å²) in [5.74, 6) is -2.15. The van der Waals surface area contributed by atoms with Crippen molar-refractivity contribution in [2.45, 2.75) is 26.1 Å². The van der Waals surface area contributed by atoms with Gasteiger partial charge in [-0.2, -0.15) is 0 Å². The van der Waals surface area contributed by atoms with Crippen molar-refractivity contribution in [3.63, 3.8) is 0 Å². The Labute approximate surface area is 218 Å². The summed E-state index contributed by atoms with van der Waals surface area (Å²) in [6, 6.07) is 19.6. The maximum absolute atomic E-state index is 14.3. The molecule has 4 nitrogen and oxygen atoms in total. The van der Waals surface area contributed by atoms with Crippen molar-refractivity contribution in [1.82, 2.24) is 0 Å². The molecule has 0 heterocycles. The average Bonchev–Trinajstić information content (AvgIpc) is 2.90. The van der Waals surface area contributed by atoms with Crippen molar-refractivity contribution in [2.75, 3.05) is 0 Å². The fourth-order valence-corrected chi connectivity index (χ4v) is 8.26. The third kappa shape index (κ3) is 6.00. The van der Waals surface area contributed by atoms with Crippen LogP contribution < -0.4 is 21.2 Å². The Kier molecular flexibility index (Phi) is 8.39. The molecule has 0 radical (unpaired) electrons. The molecule has 4 aromatic rings. The van der Waals surface area contributed by atoms with Crippen molar-refractivity contribution in [2.24, 2.45) is 0 Å². The lowest BCUT2D eigenvalue weighted by Crippen LogP contribution is -2.32. The molecule has 0 bridgehead atoms. The fraction of sp³-hybridized carbons (Fsp3) is 0.143. The molecule has 0 unspecified atom stereocenters. The summed E-state index contributed by atoms with van der Waals surface area (Å²) in [4.78, 5) is 0. The van der Waals surface area contributed by atoms with E-state index in [1.54, 1.807) is 13.8 Å². The lowest BCUT2D eigenvalue weighted by molar-refractivity contribution is 0.0883. The molecule has 4 aromatic carbocycles. The highest BCUT2D eigenvalue weighted by molar-refractivity contribution is 7.74. The predicted octanol–water partition coefficient (Wildman–Crippen LogP) is 6.21. The maximum Gasteiger partial charge on any atom is 0.261 e. The van der Waals surface area contributed by atoms with Crippen LogP contribution in [0.5, 0.6) is 0 Å². The first-order valence-electron chi connectivity index (χ1n) is 11.6. The van der Waals surface area contributed by atoms with E-state index >= 15 is 0 Å². The standard InChI is InChI=1S/C28H24F4O4P2/c1-19(35-37(33,25-11-3-21(29)4-12-25)26-13-5-22(30)6-14-26)20(2)36-38(34,27-15-7-23(31)8-16-27)28-17-9-24(32)10-18-28/h3-20H,1-2H3/t19-,20-/m1/s1. The molecular formula is C28H24F4O4P2. The minimum absolute atomic E-state index is 0.171. The van der Waals surface area contributed by atoms with E-state index in [-0.39, 0.29) is 21.2 Å². The topological polar surface area (TPSA) is 52.6 Å². The van der Waals surface area contributed by atoms with Crippen molar-refractivity contribution < 1.29 is 35.7 Å². The summed E-state index contributed by atoms with van der Waals surface area (Å²) >= 11 is 0. The molecular weight excluding hydrogens is 538 g/mol. The molecule has 0 saturated heterocycles. The second-order valence-electron chi connectivity index (χ2n) is 8.63. The monoisotopic (exact) mass is 562 g/mol. The average molecular weight is 562 g/mol. The molecule has 0 aliphatic heterocycles. The number of hydrogen-bond acceptors (Lipinski definition) is 4. The van der Waals surface area contributed by atoms with Gasteiger partial charge in [0.25, 0.3) is 14.7 Å². The highest BCUT2D eigenvalue weighted by Crippen LogP contribution is 2.50. The minimum atomic E-state index is -3.90. The van der Waals surface area contributed by atoms with Crippen LogP contribution in [0.1, 0.15) is 13.8 Å². The van der Waals surface area contributed by atoms with Crippen molar-refractivity contribution in [3.05, 3.63) is 120 Å². The van der Waals surface area contributed by atoms with Crippen LogP contribution in [0.4, 0.5) is 17.6 Å². The zero-order chi connectivity index (χ0) is 27.5. The molecule has 0 aliphatic rings. The Morgan fingerprint density at radius 3 is 0.816 bits per heavy atom. The highest BCUT2D eigenvalue weighted by Gasteiger charge is 2.37. The van der Waals surface area contributed by atoms with E-state index in [1.165, 1.54) is 48.5 Å². The summed E-state index contributed by atoms with van der Waals surface area (Å²) in [6.45, 7) is 3.12. The second kappa shape index (κ2) is 11.4. The van der Waals surface area contributed by atoms with Gasteiger partial charge in [-0.15, -0.1) is 0 Å². The van der Waals surface area contributed by atoms with Crippen LogP contribution in [0, 0.1) is 23.3 Å². The Hall–Kier alpha value is -3.02. The van der Waals surface area contributed by atoms with E-state index < -0.39 is 50.2 Å². The maximum atomic E-state index is 14.3. The van der Waals surface area contributed by atoms with Crippen LogP contribution in [-0.4, -0.2) is 12.2 Å². The normalized spacial score (nSPS) is 13.7. The number of hydrogen-bond donors (Lipinski definition) is 0. The first-order chi connectivity index (χ1) is 18.0. The zero-order valence-corrected chi connectivity index (χ0v) is 22.2. The SMILES string of the molecule is C[C@@H](OP(=O)(c1ccc(F)cc1)c1ccc(F)cc1)[C@@H](C)OP(=O)(c1ccc(F)cc1)c1ccc(F)cc1. The van der Waals surface area contributed by atoms with E-state index in [1.807, 2.05) is 0 Å². The summed E-state index contributed by atoms with van der Waals surface area (Å²) < 4.78 is 95.0. The lowest BCUT2D eigenvalue weighted by atomic mass is 10.3. The molecule has 0 N–H and O–H groups in total. The Bertz CT molecular complexity index is 1260. The third-order valence-electron chi connectivity index (χ3n) is 5.96. The van der Waals surface area contributed by atoms with Crippen molar-refractivity contribution in [1.29, 1.82) is 0 Å². The summed E-state index contributed by atoms with van der Waals surface area (Å²) in [5, 5.41) is 0.684. The van der Waals surface area contributed by atoms with E-state index in [9.17, 15) is 26.7 Å². The number of rotatable bonds is 9. The third-order valence-corrected chi connectivity index (χ3v) is 11.1. The minimum Gasteiger partial charge on any atom is -0.316 e. The molecule has 38 heavy (non-hydrogen) atoms. The number of halogens is 4. The second-order valence-corrected chi connectivity index (χ2v) is 13.3. The van der Waals surface area contributed by atoms with Gasteiger partial charge in [-0.05, 0) is 111 Å². The van der Waals surface area contributed by atoms with Crippen LogP contribution in [0.25, 0.3) is 0 Å². The molecule has 10 heteroatoms. The quantitative estimate of drug-likeness (QED) is 0.180. The first-order valence-corrected chi connectivity index (χ1v) is 14.9. The Balaban J connectivity index is 1.69. The predicted molar refractivity (Wildman–Crippen MR) is 140 cm³/mol. The van der Waals surface area contributed by atoms with Gasteiger partial charge >= 0.3 is 0 Å². The number of benzene rings is 4. The van der Waals surface area contributed by atoms with Gasteiger partial charge in [-0.3, -0.25) is 9.13 Å². The van der Waals surface area contributed by atoms with Gasteiger partial charge in [0.1, 0.15) is 23.3 Å². The van der Waals surface area contributed by atoms with Crippen LogP contribution in [0.2, 0.25) is 0 Å². The van der Waals surface area contributed by atoms with E-state index in [2.05, 4.69) is 0 Å². The van der Waals surface area contributed by atoms with E-state index in [0.717, 1.165) is 48.5 Å². The molecule has 2 atom stereocenters. The largest absolute Gasteiger partial charge is 0.316 e. The summed E-state index contributed by atoms with van der Waals surface area (Å²) in [7, 11) is -7.80. The fourth-order valence-electron chi connectivity index (χ4n) is 3.73. The van der Waals surface area contributed by atoms with Gasteiger partial charge in [-0.25, -0.2) is 17.6 Å². The van der Waals surface area contributed by atoms with Gasteiger partial charge in [0.2, 0.25) is 0 Å². The van der Waals surface area contributed by atoms with Gasteiger partial charge in [0.15, 0.2) is 0 Å². The van der Waals surface area contributed by atoms with Crippen LogP contribution in [-0.2, 0) is 18.2 Å². The molecule has 0 aromatic heterocycles. The Morgan fingerprint density at radius 1 is 0.447 bits per heavy atom.